The van der Waals surface area contributed by atoms with Crippen LogP contribution in [0.15, 0.2) is 24.3 Å². The van der Waals surface area contributed by atoms with Crippen LogP contribution in [0, 0.1) is 11.8 Å². The van der Waals surface area contributed by atoms with Crippen LogP contribution in [0.2, 0.25) is 0 Å². The fourth-order valence-electron chi connectivity index (χ4n) is 1.38. The zero-order valence-electron chi connectivity index (χ0n) is 11.9. The molecule has 1 aromatic rings. The molecule has 110 valence electrons. The molecule has 0 aromatic heterocycles. The fourth-order valence-corrected chi connectivity index (χ4v) is 1.38. The summed E-state index contributed by atoms with van der Waals surface area (Å²) < 4.78 is 4.53. The number of ether oxygens (including phenoxy) is 1. The van der Waals surface area contributed by atoms with Crippen molar-refractivity contribution in [2.24, 2.45) is 0 Å². The molecule has 0 saturated heterocycles. The highest BCUT2D eigenvalue weighted by Crippen LogP contribution is 2.08. The van der Waals surface area contributed by atoms with Crippen LogP contribution in [0.3, 0.4) is 0 Å². The molecule has 2 amide bonds. The Bertz CT molecular complexity index is 582. The van der Waals surface area contributed by atoms with Gasteiger partial charge in [0.05, 0.1) is 13.2 Å². The zero-order chi connectivity index (χ0) is 15.7. The summed E-state index contributed by atoms with van der Waals surface area (Å²) in [4.78, 5) is 33.1. The fraction of sp³-hybridized carbons (Fsp3) is 0.267. The van der Waals surface area contributed by atoms with Crippen molar-refractivity contribution < 1.29 is 19.1 Å². The van der Waals surface area contributed by atoms with Gasteiger partial charge in [-0.2, -0.15) is 0 Å². The predicted octanol–water partition coefficient (Wildman–Crippen LogP) is 0.676. The summed E-state index contributed by atoms with van der Waals surface area (Å²) in [5.74, 6) is 3.66. The first-order valence-corrected chi connectivity index (χ1v) is 6.34. The van der Waals surface area contributed by atoms with E-state index in [9.17, 15) is 14.4 Å². The summed E-state index contributed by atoms with van der Waals surface area (Å²) in [6.07, 6.45) is 0. The number of hydrogen-bond acceptors (Lipinski definition) is 4. The van der Waals surface area contributed by atoms with Gasteiger partial charge >= 0.3 is 11.9 Å². The molecule has 6 heteroatoms. The smallest absolute Gasteiger partial charge is 0.396 e. The zero-order valence-corrected chi connectivity index (χ0v) is 11.9. The van der Waals surface area contributed by atoms with Crippen molar-refractivity contribution in [1.82, 2.24) is 5.32 Å². The molecule has 2 N–H and O–H groups in total. The van der Waals surface area contributed by atoms with Crippen LogP contribution in [0.4, 0.5) is 5.69 Å². The molecule has 1 aromatic carbocycles. The second-order valence-corrected chi connectivity index (χ2v) is 3.96. The van der Waals surface area contributed by atoms with E-state index in [0.29, 0.717) is 5.69 Å². The normalized spacial score (nSPS) is 9.05. The topological polar surface area (TPSA) is 84.5 Å². The summed E-state index contributed by atoms with van der Waals surface area (Å²) in [5.41, 5.74) is 1.41. The monoisotopic (exact) mass is 288 g/mol. The van der Waals surface area contributed by atoms with Gasteiger partial charge in [0, 0.05) is 18.2 Å². The lowest BCUT2D eigenvalue weighted by Crippen LogP contribution is -2.32. The molecule has 0 aliphatic heterocycles. The number of carbonyl (C=O) groups is 3. The number of amides is 2. The van der Waals surface area contributed by atoms with Crippen molar-refractivity contribution in [3.05, 3.63) is 29.8 Å². The molecule has 0 fully saturated rings. The number of benzene rings is 1. The summed E-state index contributed by atoms with van der Waals surface area (Å²) in [6.45, 7) is 3.25. The number of rotatable bonds is 3. The molecule has 0 spiro atoms. The number of anilines is 1. The molecule has 0 bridgehead atoms. The lowest BCUT2D eigenvalue weighted by Gasteiger charge is -2.01. The Labute approximate surface area is 122 Å². The van der Waals surface area contributed by atoms with Crippen molar-refractivity contribution in [2.45, 2.75) is 13.8 Å². The Kier molecular flexibility index (Phi) is 6.48. The molecular weight excluding hydrogens is 272 g/mol. The van der Waals surface area contributed by atoms with Gasteiger partial charge in [0.15, 0.2) is 0 Å². The molecular formula is C15H16N2O4. The first kappa shape index (κ1) is 16.2. The minimum Gasteiger partial charge on any atom is -0.459 e. The number of nitrogens with one attached hydrogen (secondary N) is 2. The molecule has 0 radical (unpaired) electrons. The van der Waals surface area contributed by atoms with Crippen LogP contribution in [-0.4, -0.2) is 30.9 Å². The predicted molar refractivity (Wildman–Crippen MR) is 77.3 cm³/mol. The molecule has 6 nitrogen and oxygen atoms in total. The molecule has 0 saturated carbocycles. The minimum absolute atomic E-state index is 0.0467. The third-order valence-corrected chi connectivity index (χ3v) is 2.24. The van der Waals surface area contributed by atoms with E-state index in [-0.39, 0.29) is 19.1 Å². The maximum Gasteiger partial charge on any atom is 0.396 e. The lowest BCUT2D eigenvalue weighted by atomic mass is 10.2. The van der Waals surface area contributed by atoms with Crippen LogP contribution in [0.5, 0.6) is 0 Å². The van der Waals surface area contributed by atoms with Gasteiger partial charge < -0.3 is 15.4 Å². The van der Waals surface area contributed by atoms with Crippen molar-refractivity contribution >= 4 is 23.5 Å². The van der Waals surface area contributed by atoms with E-state index >= 15 is 0 Å². The molecule has 0 heterocycles. The van der Waals surface area contributed by atoms with E-state index in [4.69, 9.17) is 0 Å². The SMILES string of the molecule is CCOC(=O)C(=O)NCC#Cc1ccc(NC(C)=O)cc1. The van der Waals surface area contributed by atoms with E-state index in [2.05, 4.69) is 27.2 Å². The van der Waals surface area contributed by atoms with Crippen LogP contribution in [0.1, 0.15) is 19.4 Å². The first-order valence-electron chi connectivity index (χ1n) is 6.34. The van der Waals surface area contributed by atoms with E-state index in [0.717, 1.165) is 5.56 Å². The molecule has 1 rings (SSSR count). The second kappa shape index (κ2) is 8.38. The number of carbonyl (C=O) groups excluding carboxylic acids is 3. The summed E-state index contributed by atoms with van der Waals surface area (Å²) in [5, 5.41) is 4.97. The minimum atomic E-state index is -0.918. The average molecular weight is 288 g/mol. The quantitative estimate of drug-likeness (QED) is 0.486. The molecule has 0 unspecified atom stereocenters. The van der Waals surface area contributed by atoms with Gasteiger partial charge in [-0.15, -0.1) is 0 Å². The van der Waals surface area contributed by atoms with Gasteiger partial charge in [-0.3, -0.25) is 9.59 Å². The van der Waals surface area contributed by atoms with E-state index in [1.54, 1.807) is 31.2 Å². The lowest BCUT2D eigenvalue weighted by molar-refractivity contribution is -0.154. The van der Waals surface area contributed by atoms with Gasteiger partial charge in [0.1, 0.15) is 0 Å². The molecule has 0 aliphatic rings. The van der Waals surface area contributed by atoms with Crippen LogP contribution < -0.4 is 10.6 Å². The van der Waals surface area contributed by atoms with E-state index in [1.165, 1.54) is 6.92 Å². The van der Waals surface area contributed by atoms with Gasteiger partial charge in [0.2, 0.25) is 5.91 Å². The van der Waals surface area contributed by atoms with Gasteiger partial charge in [-0.1, -0.05) is 11.8 Å². The van der Waals surface area contributed by atoms with Crippen LogP contribution in [0.25, 0.3) is 0 Å². The third kappa shape index (κ3) is 6.25. The van der Waals surface area contributed by atoms with Gasteiger partial charge in [-0.05, 0) is 31.2 Å². The van der Waals surface area contributed by atoms with Crippen LogP contribution >= 0.6 is 0 Å². The summed E-state index contributed by atoms with van der Waals surface area (Å²) in [7, 11) is 0. The number of hydrogen-bond donors (Lipinski definition) is 2. The largest absolute Gasteiger partial charge is 0.459 e. The Balaban J connectivity index is 2.46. The maximum absolute atomic E-state index is 11.2. The molecule has 0 aliphatic carbocycles. The second-order valence-electron chi connectivity index (χ2n) is 3.96. The summed E-state index contributed by atoms with van der Waals surface area (Å²) in [6, 6.07) is 6.93. The van der Waals surface area contributed by atoms with Crippen molar-refractivity contribution in [1.29, 1.82) is 0 Å². The van der Waals surface area contributed by atoms with Crippen molar-refractivity contribution in [3.63, 3.8) is 0 Å². The van der Waals surface area contributed by atoms with Crippen molar-refractivity contribution in [2.75, 3.05) is 18.5 Å². The van der Waals surface area contributed by atoms with Crippen LogP contribution in [-0.2, 0) is 19.1 Å². The molecule has 21 heavy (non-hydrogen) atoms. The highest BCUT2D eigenvalue weighted by Gasteiger charge is 2.12. The van der Waals surface area contributed by atoms with E-state index < -0.39 is 11.9 Å². The standard InChI is InChI=1S/C15H16N2O4/c1-3-21-15(20)14(19)16-10-4-5-12-6-8-13(9-7-12)17-11(2)18/h6-9H,3,10H2,1-2H3,(H,16,19)(H,17,18). The highest BCUT2D eigenvalue weighted by atomic mass is 16.5. The molecule has 0 atom stereocenters. The Morgan fingerprint density at radius 1 is 1.19 bits per heavy atom. The van der Waals surface area contributed by atoms with Gasteiger partial charge in [0.25, 0.3) is 0 Å². The Morgan fingerprint density at radius 2 is 1.86 bits per heavy atom. The van der Waals surface area contributed by atoms with Crippen molar-refractivity contribution in [3.8, 4) is 11.8 Å². The first-order chi connectivity index (χ1) is 10.0. The Morgan fingerprint density at radius 3 is 2.43 bits per heavy atom. The third-order valence-electron chi connectivity index (χ3n) is 2.24. The highest BCUT2D eigenvalue weighted by molar-refractivity contribution is 6.32. The maximum atomic E-state index is 11.2. The Hall–Kier alpha value is -2.81. The van der Waals surface area contributed by atoms with E-state index in [1.807, 2.05) is 0 Å². The number of esters is 1. The summed E-state index contributed by atoms with van der Waals surface area (Å²) >= 11 is 0. The van der Waals surface area contributed by atoms with Gasteiger partial charge in [-0.25, -0.2) is 4.79 Å². The average Bonchev–Trinajstić information content (AvgIpc) is 2.44.